The van der Waals surface area contributed by atoms with Crippen molar-refractivity contribution >= 4 is 0 Å². The highest BCUT2D eigenvalue weighted by atomic mass is 16.5. The van der Waals surface area contributed by atoms with Crippen LogP contribution in [0.2, 0.25) is 0 Å². The van der Waals surface area contributed by atoms with Gasteiger partial charge in [-0.25, -0.2) is 0 Å². The molecule has 0 bridgehead atoms. The Balaban J connectivity index is 3.51. The van der Waals surface area contributed by atoms with E-state index in [1.54, 1.807) is 7.11 Å². The molecule has 86 valence electrons. The van der Waals surface area contributed by atoms with Gasteiger partial charge in [0.25, 0.3) is 0 Å². The molecule has 0 fully saturated rings. The Morgan fingerprint density at radius 3 is 2.43 bits per heavy atom. The van der Waals surface area contributed by atoms with Crippen LogP contribution in [0.15, 0.2) is 0 Å². The van der Waals surface area contributed by atoms with Crippen LogP contribution < -0.4 is 5.32 Å². The number of unbranched alkanes of at least 4 members (excludes halogenated alkanes) is 1. The average Bonchev–Trinajstić information content (AvgIpc) is 2.12. The van der Waals surface area contributed by atoms with Crippen LogP contribution in [0.25, 0.3) is 0 Å². The maximum absolute atomic E-state index is 5.04. The fraction of sp³-hybridized carbons (Fsp3) is 1.00. The van der Waals surface area contributed by atoms with Crippen LogP contribution in [-0.4, -0.2) is 26.3 Å². The van der Waals surface area contributed by atoms with Crippen molar-refractivity contribution in [2.45, 2.75) is 52.5 Å². The van der Waals surface area contributed by atoms with E-state index in [1.807, 2.05) is 0 Å². The van der Waals surface area contributed by atoms with Gasteiger partial charge in [-0.2, -0.15) is 0 Å². The molecule has 2 nitrogen and oxygen atoms in total. The predicted molar refractivity (Wildman–Crippen MR) is 62.6 cm³/mol. The Labute approximate surface area is 89.4 Å². The Bertz CT molecular complexity index is 115. The van der Waals surface area contributed by atoms with E-state index in [9.17, 15) is 0 Å². The largest absolute Gasteiger partial charge is 0.385 e. The molecule has 0 saturated heterocycles. The standard InChI is InChI=1S/C12H27NO/c1-5-13-12(10-11(2)3)8-6-7-9-14-4/h11-13H,5-10H2,1-4H3. The van der Waals surface area contributed by atoms with Crippen LogP contribution in [0.4, 0.5) is 0 Å². The Morgan fingerprint density at radius 2 is 1.93 bits per heavy atom. The minimum atomic E-state index is 0.705. The molecule has 14 heavy (non-hydrogen) atoms. The lowest BCUT2D eigenvalue weighted by atomic mass is 9.99. The van der Waals surface area contributed by atoms with E-state index in [1.165, 1.54) is 25.7 Å². The van der Waals surface area contributed by atoms with E-state index >= 15 is 0 Å². The summed E-state index contributed by atoms with van der Waals surface area (Å²) >= 11 is 0. The normalized spacial score (nSPS) is 13.5. The third-order valence-corrected chi connectivity index (χ3v) is 2.40. The molecule has 2 heteroatoms. The Morgan fingerprint density at radius 1 is 1.21 bits per heavy atom. The molecule has 0 aromatic carbocycles. The number of methoxy groups -OCH3 is 1. The summed E-state index contributed by atoms with van der Waals surface area (Å²) in [6.45, 7) is 8.75. The van der Waals surface area contributed by atoms with Crippen molar-refractivity contribution in [3.63, 3.8) is 0 Å². The zero-order chi connectivity index (χ0) is 10.8. The van der Waals surface area contributed by atoms with E-state index in [2.05, 4.69) is 26.1 Å². The first-order valence-corrected chi connectivity index (χ1v) is 5.93. The lowest BCUT2D eigenvalue weighted by Crippen LogP contribution is -2.30. The number of hydrogen-bond acceptors (Lipinski definition) is 2. The molecule has 0 heterocycles. The van der Waals surface area contributed by atoms with Crippen LogP contribution in [0.5, 0.6) is 0 Å². The van der Waals surface area contributed by atoms with Gasteiger partial charge in [0, 0.05) is 19.8 Å². The van der Waals surface area contributed by atoms with Crippen LogP contribution in [0.3, 0.4) is 0 Å². The second kappa shape index (κ2) is 9.47. The van der Waals surface area contributed by atoms with Crippen molar-refractivity contribution in [2.75, 3.05) is 20.3 Å². The molecule has 0 saturated carbocycles. The maximum atomic E-state index is 5.04. The van der Waals surface area contributed by atoms with Crippen molar-refractivity contribution in [1.29, 1.82) is 0 Å². The van der Waals surface area contributed by atoms with E-state index in [-0.39, 0.29) is 0 Å². The molecule has 0 aliphatic rings. The van der Waals surface area contributed by atoms with E-state index in [4.69, 9.17) is 4.74 Å². The maximum Gasteiger partial charge on any atom is 0.0462 e. The molecule has 0 spiro atoms. The average molecular weight is 201 g/mol. The first-order valence-electron chi connectivity index (χ1n) is 5.93. The highest BCUT2D eigenvalue weighted by Crippen LogP contribution is 2.10. The van der Waals surface area contributed by atoms with Crippen molar-refractivity contribution in [1.82, 2.24) is 5.32 Å². The second-order valence-electron chi connectivity index (χ2n) is 4.37. The number of hydrogen-bond donors (Lipinski definition) is 1. The van der Waals surface area contributed by atoms with Crippen LogP contribution in [-0.2, 0) is 4.74 Å². The molecule has 0 rings (SSSR count). The predicted octanol–water partition coefficient (Wildman–Crippen LogP) is 2.83. The monoisotopic (exact) mass is 201 g/mol. The molecule has 1 N–H and O–H groups in total. The van der Waals surface area contributed by atoms with Gasteiger partial charge in [-0.1, -0.05) is 20.8 Å². The van der Waals surface area contributed by atoms with Gasteiger partial charge in [0.05, 0.1) is 0 Å². The summed E-state index contributed by atoms with van der Waals surface area (Å²) in [5.41, 5.74) is 0. The number of rotatable bonds is 9. The van der Waals surface area contributed by atoms with Crippen molar-refractivity contribution in [3.05, 3.63) is 0 Å². The molecule has 0 aliphatic heterocycles. The minimum Gasteiger partial charge on any atom is -0.385 e. The zero-order valence-corrected chi connectivity index (χ0v) is 10.3. The fourth-order valence-electron chi connectivity index (χ4n) is 1.80. The molecule has 0 aromatic rings. The van der Waals surface area contributed by atoms with E-state index in [0.717, 1.165) is 19.1 Å². The minimum absolute atomic E-state index is 0.705. The van der Waals surface area contributed by atoms with Crippen molar-refractivity contribution in [2.24, 2.45) is 5.92 Å². The van der Waals surface area contributed by atoms with Crippen LogP contribution in [0.1, 0.15) is 46.5 Å². The van der Waals surface area contributed by atoms with Gasteiger partial charge in [-0.15, -0.1) is 0 Å². The van der Waals surface area contributed by atoms with Gasteiger partial charge in [0.15, 0.2) is 0 Å². The summed E-state index contributed by atoms with van der Waals surface area (Å²) in [4.78, 5) is 0. The summed E-state index contributed by atoms with van der Waals surface area (Å²) in [7, 11) is 1.77. The smallest absolute Gasteiger partial charge is 0.0462 e. The lowest BCUT2D eigenvalue weighted by Gasteiger charge is -2.19. The highest BCUT2D eigenvalue weighted by Gasteiger charge is 2.08. The van der Waals surface area contributed by atoms with Crippen LogP contribution in [0, 0.1) is 5.92 Å². The van der Waals surface area contributed by atoms with Gasteiger partial charge in [0.2, 0.25) is 0 Å². The second-order valence-corrected chi connectivity index (χ2v) is 4.37. The molecule has 0 aromatic heterocycles. The highest BCUT2D eigenvalue weighted by molar-refractivity contribution is 4.67. The summed E-state index contributed by atoms with van der Waals surface area (Å²) in [5.74, 6) is 0.793. The third kappa shape index (κ3) is 8.52. The third-order valence-electron chi connectivity index (χ3n) is 2.40. The van der Waals surface area contributed by atoms with Crippen LogP contribution >= 0.6 is 0 Å². The summed E-state index contributed by atoms with van der Waals surface area (Å²) in [6.07, 6.45) is 5.05. The van der Waals surface area contributed by atoms with E-state index < -0.39 is 0 Å². The molecular weight excluding hydrogens is 174 g/mol. The Kier molecular flexibility index (Phi) is 9.42. The lowest BCUT2D eigenvalue weighted by molar-refractivity contribution is 0.190. The summed E-state index contributed by atoms with van der Waals surface area (Å²) < 4.78 is 5.04. The Hall–Kier alpha value is -0.0800. The first-order chi connectivity index (χ1) is 6.70. The van der Waals surface area contributed by atoms with Gasteiger partial charge in [0.1, 0.15) is 0 Å². The molecule has 0 aliphatic carbocycles. The quantitative estimate of drug-likeness (QED) is 0.579. The molecule has 1 atom stereocenters. The molecule has 0 amide bonds. The fourth-order valence-corrected chi connectivity index (χ4v) is 1.80. The van der Waals surface area contributed by atoms with Gasteiger partial charge < -0.3 is 10.1 Å². The van der Waals surface area contributed by atoms with E-state index in [0.29, 0.717) is 6.04 Å². The first kappa shape index (κ1) is 13.9. The van der Waals surface area contributed by atoms with Crippen molar-refractivity contribution < 1.29 is 4.74 Å². The SMILES string of the molecule is CCNC(CCCCOC)CC(C)C. The molecule has 1 unspecified atom stereocenters. The number of ether oxygens (including phenoxy) is 1. The summed E-state index contributed by atoms with van der Waals surface area (Å²) in [5, 5.41) is 3.55. The molecule has 0 radical (unpaired) electrons. The van der Waals surface area contributed by atoms with Crippen molar-refractivity contribution in [3.8, 4) is 0 Å². The van der Waals surface area contributed by atoms with Gasteiger partial charge >= 0.3 is 0 Å². The van der Waals surface area contributed by atoms with Gasteiger partial charge in [-0.3, -0.25) is 0 Å². The van der Waals surface area contributed by atoms with Gasteiger partial charge in [-0.05, 0) is 38.1 Å². The number of nitrogens with one attached hydrogen (secondary N) is 1. The zero-order valence-electron chi connectivity index (χ0n) is 10.3. The topological polar surface area (TPSA) is 21.3 Å². The molecular formula is C12H27NO. The summed E-state index contributed by atoms with van der Waals surface area (Å²) in [6, 6.07) is 0.705.